The van der Waals surface area contributed by atoms with Gasteiger partial charge >= 0.3 is 0 Å². The van der Waals surface area contributed by atoms with Crippen LogP contribution in [0.4, 0.5) is 5.69 Å². The van der Waals surface area contributed by atoms with Gasteiger partial charge in [-0.3, -0.25) is 9.59 Å². The van der Waals surface area contributed by atoms with Gasteiger partial charge < -0.3 is 16.0 Å². The quantitative estimate of drug-likeness (QED) is 0.828. The average Bonchev–Trinajstić information content (AvgIpc) is 2.48. The Bertz CT molecular complexity index is 530. The summed E-state index contributed by atoms with van der Waals surface area (Å²) < 4.78 is 0. The Labute approximate surface area is 135 Å². The van der Waals surface area contributed by atoms with Gasteiger partial charge in [-0.1, -0.05) is 12.1 Å². The molecule has 1 aromatic rings. The van der Waals surface area contributed by atoms with E-state index in [1.165, 1.54) is 0 Å². The van der Waals surface area contributed by atoms with Crippen LogP contribution in [0.1, 0.15) is 18.4 Å². The number of anilines is 1. The van der Waals surface area contributed by atoms with E-state index in [2.05, 4.69) is 5.32 Å². The largest absolute Gasteiger partial charge is 0.370 e. The van der Waals surface area contributed by atoms with Crippen molar-refractivity contribution in [3.8, 4) is 0 Å². The Hall–Kier alpha value is -1.53. The Morgan fingerprint density at radius 3 is 2.91 bits per heavy atom. The first kappa shape index (κ1) is 16.8. The molecule has 2 rings (SSSR count). The molecule has 0 spiro atoms. The van der Waals surface area contributed by atoms with Crippen molar-refractivity contribution in [2.75, 3.05) is 29.5 Å². The third kappa shape index (κ3) is 5.03. The van der Waals surface area contributed by atoms with Crippen LogP contribution in [0.2, 0.25) is 0 Å². The first-order valence-electron chi connectivity index (χ1n) is 7.52. The number of carbonyl (C=O) groups excluding carboxylic acids is 2. The van der Waals surface area contributed by atoms with Gasteiger partial charge in [0.1, 0.15) is 0 Å². The summed E-state index contributed by atoms with van der Waals surface area (Å²) in [7, 11) is 0. The maximum Gasteiger partial charge on any atom is 0.228 e. The predicted octanol–water partition coefficient (Wildman–Crippen LogP) is 1.30. The molecule has 1 fully saturated rings. The van der Waals surface area contributed by atoms with Gasteiger partial charge in [-0.15, -0.1) is 0 Å². The number of aryl methyl sites for hydroxylation is 1. The van der Waals surface area contributed by atoms with Crippen LogP contribution in [0.5, 0.6) is 0 Å². The molecule has 6 heteroatoms. The Kier molecular flexibility index (Phi) is 6.27. The summed E-state index contributed by atoms with van der Waals surface area (Å²) in [5.74, 6) is 1.68. The Morgan fingerprint density at radius 2 is 2.27 bits per heavy atom. The third-order valence-corrected chi connectivity index (χ3v) is 4.75. The molecule has 1 heterocycles. The number of nitrogens with one attached hydrogen (secondary N) is 1. The van der Waals surface area contributed by atoms with Gasteiger partial charge in [-0.2, -0.15) is 11.8 Å². The lowest BCUT2D eigenvalue weighted by molar-refractivity contribution is -0.119. The average molecular weight is 321 g/mol. The number of hydrogen-bond acceptors (Lipinski definition) is 4. The van der Waals surface area contributed by atoms with Gasteiger partial charge in [0, 0.05) is 49.2 Å². The van der Waals surface area contributed by atoms with Crippen LogP contribution in [0.25, 0.3) is 0 Å². The second-order valence-electron chi connectivity index (χ2n) is 5.53. The summed E-state index contributed by atoms with van der Waals surface area (Å²) in [6.45, 7) is 3.26. The smallest absolute Gasteiger partial charge is 0.228 e. The maximum atomic E-state index is 12.7. The lowest BCUT2D eigenvalue weighted by Gasteiger charge is -2.27. The van der Waals surface area contributed by atoms with E-state index in [1.54, 1.807) is 4.90 Å². The lowest BCUT2D eigenvalue weighted by atomic mass is 10.1. The molecule has 0 aliphatic carbocycles. The van der Waals surface area contributed by atoms with Crippen molar-refractivity contribution in [2.24, 2.45) is 5.73 Å². The molecule has 1 aliphatic rings. The molecule has 22 heavy (non-hydrogen) atoms. The number of benzene rings is 1. The molecule has 0 aromatic heterocycles. The molecule has 5 nitrogen and oxygen atoms in total. The minimum absolute atomic E-state index is 0.0341. The number of rotatable bonds is 6. The standard InChI is InChI=1S/C16H23N3O2S/c1-12-3-2-4-14(9-12)19(7-5-15(17)20)16(21)10-13-11-22-8-6-18-13/h2-4,9,13,18H,5-8,10-11H2,1H3,(H2,17,20). The van der Waals surface area contributed by atoms with E-state index in [9.17, 15) is 9.59 Å². The monoisotopic (exact) mass is 321 g/mol. The zero-order valence-corrected chi connectivity index (χ0v) is 13.7. The topological polar surface area (TPSA) is 75.4 Å². The molecule has 1 unspecified atom stereocenters. The predicted molar refractivity (Wildman–Crippen MR) is 91.1 cm³/mol. The molecule has 1 atom stereocenters. The van der Waals surface area contributed by atoms with Crippen molar-refractivity contribution in [2.45, 2.75) is 25.8 Å². The van der Waals surface area contributed by atoms with E-state index in [0.29, 0.717) is 13.0 Å². The minimum atomic E-state index is -0.392. The second-order valence-corrected chi connectivity index (χ2v) is 6.68. The normalized spacial score (nSPS) is 18.0. The summed E-state index contributed by atoms with van der Waals surface area (Å²) in [6.07, 6.45) is 0.617. The molecular formula is C16H23N3O2S. The number of amides is 2. The van der Waals surface area contributed by atoms with Crippen LogP contribution in [0.3, 0.4) is 0 Å². The first-order valence-corrected chi connectivity index (χ1v) is 8.68. The lowest BCUT2D eigenvalue weighted by Crippen LogP contribution is -2.43. The number of primary amides is 1. The van der Waals surface area contributed by atoms with Crippen molar-refractivity contribution in [3.63, 3.8) is 0 Å². The number of nitrogens with zero attached hydrogens (tertiary/aromatic N) is 1. The minimum Gasteiger partial charge on any atom is -0.370 e. The number of nitrogens with two attached hydrogens (primary N) is 1. The maximum absolute atomic E-state index is 12.7. The van der Waals surface area contributed by atoms with Crippen LogP contribution in [-0.2, 0) is 9.59 Å². The van der Waals surface area contributed by atoms with Gasteiger partial charge in [-0.25, -0.2) is 0 Å². The van der Waals surface area contributed by atoms with Crippen molar-refractivity contribution in [1.29, 1.82) is 0 Å². The van der Waals surface area contributed by atoms with Gasteiger partial charge in [0.05, 0.1) is 0 Å². The molecule has 0 radical (unpaired) electrons. The van der Waals surface area contributed by atoms with E-state index in [1.807, 2.05) is 43.0 Å². The molecule has 2 amide bonds. The summed E-state index contributed by atoms with van der Waals surface area (Å²) in [5, 5.41) is 3.37. The Balaban J connectivity index is 2.08. The summed E-state index contributed by atoms with van der Waals surface area (Å²) in [6, 6.07) is 7.97. The zero-order chi connectivity index (χ0) is 15.9. The highest BCUT2D eigenvalue weighted by molar-refractivity contribution is 7.99. The van der Waals surface area contributed by atoms with Gasteiger partial charge in [0.2, 0.25) is 11.8 Å². The van der Waals surface area contributed by atoms with Gasteiger partial charge in [0.25, 0.3) is 0 Å². The molecule has 120 valence electrons. The molecule has 3 N–H and O–H groups in total. The molecule has 0 saturated carbocycles. The summed E-state index contributed by atoms with van der Waals surface area (Å²) in [5.41, 5.74) is 7.15. The fourth-order valence-corrected chi connectivity index (χ4v) is 3.44. The molecule has 0 bridgehead atoms. The van der Waals surface area contributed by atoms with Crippen LogP contribution in [-0.4, -0.2) is 42.5 Å². The first-order chi connectivity index (χ1) is 10.6. The molecule has 1 aliphatic heterocycles. The van der Waals surface area contributed by atoms with E-state index in [-0.39, 0.29) is 18.4 Å². The van der Waals surface area contributed by atoms with Crippen molar-refractivity contribution >= 4 is 29.3 Å². The number of thioether (sulfide) groups is 1. The summed E-state index contributed by atoms with van der Waals surface area (Å²) in [4.78, 5) is 25.4. The van der Waals surface area contributed by atoms with Gasteiger partial charge in [0.15, 0.2) is 0 Å². The van der Waals surface area contributed by atoms with Gasteiger partial charge in [-0.05, 0) is 24.6 Å². The fourth-order valence-electron chi connectivity index (χ4n) is 2.49. The highest BCUT2D eigenvalue weighted by Crippen LogP contribution is 2.19. The fraction of sp³-hybridized carbons (Fsp3) is 0.500. The van der Waals surface area contributed by atoms with E-state index < -0.39 is 5.91 Å². The Morgan fingerprint density at radius 1 is 1.45 bits per heavy atom. The molecule has 1 aromatic carbocycles. The van der Waals surface area contributed by atoms with Crippen molar-refractivity contribution < 1.29 is 9.59 Å². The highest BCUT2D eigenvalue weighted by Gasteiger charge is 2.22. The van der Waals surface area contributed by atoms with Crippen LogP contribution in [0, 0.1) is 6.92 Å². The van der Waals surface area contributed by atoms with Crippen LogP contribution < -0.4 is 16.0 Å². The zero-order valence-electron chi connectivity index (χ0n) is 12.9. The second kappa shape index (κ2) is 8.19. The van der Waals surface area contributed by atoms with E-state index >= 15 is 0 Å². The van der Waals surface area contributed by atoms with Crippen LogP contribution in [0.15, 0.2) is 24.3 Å². The molecular weight excluding hydrogens is 298 g/mol. The highest BCUT2D eigenvalue weighted by atomic mass is 32.2. The van der Waals surface area contributed by atoms with Crippen molar-refractivity contribution in [3.05, 3.63) is 29.8 Å². The molecule has 1 saturated heterocycles. The third-order valence-electron chi connectivity index (χ3n) is 3.62. The van der Waals surface area contributed by atoms with Crippen molar-refractivity contribution in [1.82, 2.24) is 5.32 Å². The van der Waals surface area contributed by atoms with Crippen LogP contribution >= 0.6 is 11.8 Å². The number of carbonyl (C=O) groups is 2. The van der Waals surface area contributed by atoms with E-state index in [0.717, 1.165) is 29.3 Å². The SMILES string of the molecule is Cc1cccc(N(CCC(N)=O)C(=O)CC2CSCCN2)c1. The summed E-state index contributed by atoms with van der Waals surface area (Å²) >= 11 is 1.87. The number of hydrogen-bond donors (Lipinski definition) is 2. The van der Waals surface area contributed by atoms with E-state index in [4.69, 9.17) is 5.73 Å².